The van der Waals surface area contributed by atoms with Gasteiger partial charge in [0, 0.05) is 9.86 Å². The van der Waals surface area contributed by atoms with Gasteiger partial charge in [0.05, 0.1) is 0 Å². The van der Waals surface area contributed by atoms with Gasteiger partial charge >= 0.3 is 0 Å². The highest BCUT2D eigenvalue weighted by molar-refractivity contribution is 9.10. The molecule has 0 saturated heterocycles. The number of aromatic amines is 1. The van der Waals surface area contributed by atoms with Gasteiger partial charge in [-0.15, -0.1) is 5.10 Å². The van der Waals surface area contributed by atoms with Crippen molar-refractivity contribution >= 4 is 32.7 Å². The Morgan fingerprint density at radius 1 is 1.50 bits per heavy atom. The molecule has 0 fully saturated rings. The van der Waals surface area contributed by atoms with E-state index in [1.807, 2.05) is 18.2 Å². The fourth-order valence-electron chi connectivity index (χ4n) is 1.05. The summed E-state index contributed by atoms with van der Waals surface area (Å²) in [5.74, 6) is 0.492. The molecule has 12 heavy (non-hydrogen) atoms. The Morgan fingerprint density at radius 2 is 2.33 bits per heavy atom. The zero-order valence-electron chi connectivity index (χ0n) is 6.00. The third kappa shape index (κ3) is 0.990. The Bertz CT molecular complexity index is 467. The second-order valence-corrected chi connectivity index (χ2v) is 3.26. The number of nitrogens with one attached hydrogen (secondary N) is 1. The minimum atomic E-state index is 0.492. The topological polar surface area (TPSA) is 33.0 Å². The smallest absolute Gasteiger partial charge is 0.257 e. The molecule has 0 aliphatic heterocycles. The van der Waals surface area contributed by atoms with Gasteiger partial charge in [-0.2, -0.15) is 0 Å². The summed E-state index contributed by atoms with van der Waals surface area (Å²) in [4.78, 5) is 3.31. The largest absolute Gasteiger partial charge is 0.362 e. The molecule has 0 radical (unpaired) electrons. The van der Waals surface area contributed by atoms with Gasteiger partial charge in [-0.3, -0.25) is 0 Å². The van der Waals surface area contributed by atoms with E-state index in [0.717, 1.165) is 15.4 Å². The molecule has 0 aliphatic rings. The van der Waals surface area contributed by atoms with E-state index in [-0.39, 0.29) is 0 Å². The number of rotatable bonds is 0. The van der Waals surface area contributed by atoms with E-state index in [2.05, 4.69) is 31.0 Å². The van der Waals surface area contributed by atoms with Crippen LogP contribution in [-0.2, 0) is 0 Å². The van der Waals surface area contributed by atoms with Crippen LogP contribution in [0.25, 0.3) is 15.7 Å². The van der Waals surface area contributed by atoms with E-state index in [9.17, 15) is 0 Å². The van der Waals surface area contributed by atoms with Crippen LogP contribution in [0, 0.1) is 6.57 Å². The number of fused-ring (bicyclic) bond motifs is 1. The minimum absolute atomic E-state index is 0.492. The highest BCUT2D eigenvalue weighted by Gasteiger charge is 2.03. The van der Waals surface area contributed by atoms with Crippen molar-refractivity contribution < 1.29 is 0 Å². The fourth-order valence-corrected chi connectivity index (χ4v) is 1.42. The molecule has 0 bridgehead atoms. The first-order chi connectivity index (χ1) is 5.81. The predicted octanol–water partition coefficient (Wildman–Crippen LogP) is 2.88. The van der Waals surface area contributed by atoms with Crippen LogP contribution in [0.1, 0.15) is 0 Å². The fraction of sp³-hybridized carbons (Fsp3) is 0. The molecule has 2 rings (SSSR count). The van der Waals surface area contributed by atoms with Crippen LogP contribution in [-0.4, -0.2) is 10.2 Å². The maximum atomic E-state index is 6.85. The molecule has 0 aliphatic carbocycles. The second kappa shape index (κ2) is 2.61. The number of benzene rings is 1. The number of nitrogens with zero attached hydrogens (tertiary/aromatic N) is 2. The number of hydrogen-bond acceptors (Lipinski definition) is 1. The molecule has 0 unspecified atom stereocenters. The Kier molecular flexibility index (Phi) is 1.59. The Hall–Kier alpha value is -1.34. The Labute approximate surface area is 77.3 Å². The van der Waals surface area contributed by atoms with Gasteiger partial charge in [0.25, 0.3) is 5.82 Å². The normalized spacial score (nSPS) is 10.0. The van der Waals surface area contributed by atoms with Crippen LogP contribution in [0.5, 0.6) is 0 Å². The summed E-state index contributed by atoms with van der Waals surface area (Å²) in [6, 6.07) is 5.65. The highest BCUT2D eigenvalue weighted by atomic mass is 79.9. The first-order valence-corrected chi connectivity index (χ1v) is 4.11. The number of halogens is 1. The lowest BCUT2D eigenvalue weighted by molar-refractivity contribution is 1.13. The first-order valence-electron chi connectivity index (χ1n) is 3.32. The molecule has 1 N–H and O–H groups in total. The monoisotopic (exact) mass is 221 g/mol. The van der Waals surface area contributed by atoms with Crippen LogP contribution in [0.4, 0.5) is 5.82 Å². The third-order valence-electron chi connectivity index (χ3n) is 1.61. The molecule has 0 spiro atoms. The average Bonchev–Trinajstić information content (AvgIpc) is 2.46. The molecular formula is C8H4BrN3. The summed E-state index contributed by atoms with van der Waals surface area (Å²) < 4.78 is 0.960. The summed E-state index contributed by atoms with van der Waals surface area (Å²) in [6.45, 7) is 6.85. The lowest BCUT2D eigenvalue weighted by atomic mass is 10.2. The summed E-state index contributed by atoms with van der Waals surface area (Å²) in [5.41, 5.74) is 0.823. The minimum Gasteiger partial charge on any atom is -0.362 e. The van der Waals surface area contributed by atoms with Gasteiger partial charge in [-0.1, -0.05) is 22.5 Å². The van der Waals surface area contributed by atoms with E-state index < -0.39 is 0 Å². The molecule has 1 aromatic heterocycles. The third-order valence-corrected chi connectivity index (χ3v) is 2.10. The number of hydrogen-bond donors (Lipinski definition) is 1. The lowest BCUT2D eigenvalue weighted by Crippen LogP contribution is -1.66. The van der Waals surface area contributed by atoms with E-state index >= 15 is 0 Å². The van der Waals surface area contributed by atoms with Crippen molar-refractivity contribution in [2.24, 2.45) is 0 Å². The second-order valence-electron chi connectivity index (χ2n) is 2.35. The molecule has 2 aromatic rings. The van der Waals surface area contributed by atoms with Crippen LogP contribution in [0.2, 0.25) is 0 Å². The van der Waals surface area contributed by atoms with Gasteiger partial charge in [-0.25, -0.2) is 5.10 Å². The summed E-state index contributed by atoms with van der Waals surface area (Å²) in [7, 11) is 0. The number of aromatic nitrogens is 2. The van der Waals surface area contributed by atoms with Crippen molar-refractivity contribution in [1.29, 1.82) is 0 Å². The molecule has 4 heteroatoms. The first kappa shape index (κ1) is 7.32. The van der Waals surface area contributed by atoms with Crippen molar-refractivity contribution in [3.05, 3.63) is 34.1 Å². The Balaban J connectivity index is 2.86. The summed E-state index contributed by atoms with van der Waals surface area (Å²) >= 11 is 3.34. The van der Waals surface area contributed by atoms with Crippen LogP contribution in [0.15, 0.2) is 22.7 Å². The van der Waals surface area contributed by atoms with Crippen molar-refractivity contribution in [2.45, 2.75) is 0 Å². The van der Waals surface area contributed by atoms with Gasteiger partial charge in [0.15, 0.2) is 0 Å². The molecule has 1 heterocycles. The van der Waals surface area contributed by atoms with E-state index in [4.69, 9.17) is 6.57 Å². The lowest BCUT2D eigenvalue weighted by Gasteiger charge is -1.89. The molecule has 0 atom stereocenters. The van der Waals surface area contributed by atoms with E-state index in [1.165, 1.54) is 0 Å². The Morgan fingerprint density at radius 3 is 3.08 bits per heavy atom. The average molecular weight is 222 g/mol. The quantitative estimate of drug-likeness (QED) is 0.683. The van der Waals surface area contributed by atoms with Gasteiger partial charge < -0.3 is 4.85 Å². The molecule has 0 amide bonds. The molecule has 58 valence electrons. The number of H-pyrrole nitrogens is 1. The highest BCUT2D eigenvalue weighted by Crippen LogP contribution is 2.25. The van der Waals surface area contributed by atoms with E-state index in [0.29, 0.717) is 5.82 Å². The molecule has 1 aromatic carbocycles. The standard InChI is InChI=1S/C8H4BrN3/c1-10-8-6-4-5(9)2-3-7(6)11-12-8/h2-4H,(H,11,12). The van der Waals surface area contributed by atoms with Crippen LogP contribution >= 0.6 is 15.9 Å². The summed E-state index contributed by atoms with van der Waals surface area (Å²) in [5, 5.41) is 7.50. The molecule has 3 nitrogen and oxygen atoms in total. The van der Waals surface area contributed by atoms with Crippen molar-refractivity contribution in [1.82, 2.24) is 10.2 Å². The van der Waals surface area contributed by atoms with Crippen LogP contribution < -0.4 is 0 Å². The van der Waals surface area contributed by atoms with Gasteiger partial charge in [-0.05, 0) is 18.2 Å². The van der Waals surface area contributed by atoms with Crippen molar-refractivity contribution in [2.75, 3.05) is 0 Å². The maximum absolute atomic E-state index is 6.85. The zero-order valence-corrected chi connectivity index (χ0v) is 7.59. The van der Waals surface area contributed by atoms with Crippen molar-refractivity contribution in [3.8, 4) is 0 Å². The summed E-state index contributed by atoms with van der Waals surface area (Å²) in [6.07, 6.45) is 0. The molecular weight excluding hydrogens is 218 g/mol. The van der Waals surface area contributed by atoms with E-state index in [1.54, 1.807) is 0 Å². The van der Waals surface area contributed by atoms with Crippen molar-refractivity contribution in [3.63, 3.8) is 0 Å². The molecule has 0 saturated carbocycles. The van der Waals surface area contributed by atoms with Crippen LogP contribution in [0.3, 0.4) is 0 Å². The van der Waals surface area contributed by atoms with Gasteiger partial charge in [0.1, 0.15) is 5.52 Å². The predicted molar refractivity (Wildman–Crippen MR) is 50.1 cm³/mol. The van der Waals surface area contributed by atoms with Gasteiger partial charge in [0.2, 0.25) is 0 Å². The SMILES string of the molecule is [C-]#[N+]c1[nH]nc2ccc(Br)cc12. The maximum Gasteiger partial charge on any atom is 0.257 e. The zero-order chi connectivity index (χ0) is 8.55.